The van der Waals surface area contributed by atoms with Gasteiger partial charge in [-0.3, -0.25) is 0 Å². The van der Waals surface area contributed by atoms with Crippen molar-refractivity contribution in [1.82, 2.24) is 9.61 Å². The van der Waals surface area contributed by atoms with Gasteiger partial charge < -0.3 is 28.6 Å². The summed E-state index contributed by atoms with van der Waals surface area (Å²) in [4.78, 5) is 2.49. The second-order valence-corrected chi connectivity index (χ2v) is 10.2. The average Bonchev–Trinajstić information content (AvgIpc) is 3.40. The first kappa shape index (κ1) is 25.1. The maximum Gasteiger partial charge on any atom is 0.257 e. The van der Waals surface area contributed by atoms with Crippen molar-refractivity contribution in [2.24, 2.45) is 17.8 Å². The lowest BCUT2D eigenvalue weighted by molar-refractivity contribution is 0.101. The summed E-state index contributed by atoms with van der Waals surface area (Å²) >= 11 is 0. The van der Waals surface area contributed by atoms with Crippen LogP contribution in [0.5, 0.6) is 5.88 Å². The molecule has 3 aliphatic rings. The third-order valence-electron chi connectivity index (χ3n) is 7.75. The summed E-state index contributed by atoms with van der Waals surface area (Å²) in [6.45, 7) is 6.34. The van der Waals surface area contributed by atoms with Gasteiger partial charge in [-0.25, -0.2) is 4.52 Å². The number of ether oxygens (including phenoxy) is 5. The van der Waals surface area contributed by atoms with Crippen LogP contribution in [0.3, 0.4) is 0 Å². The van der Waals surface area contributed by atoms with Crippen LogP contribution in [0.1, 0.15) is 31.9 Å². The first-order valence-electron chi connectivity index (χ1n) is 13.0. The molecule has 0 radical (unpaired) electrons. The Labute approximate surface area is 213 Å². The van der Waals surface area contributed by atoms with Gasteiger partial charge in [0.2, 0.25) is 0 Å². The van der Waals surface area contributed by atoms with E-state index in [1.807, 2.05) is 4.52 Å². The molecule has 2 fully saturated rings. The van der Waals surface area contributed by atoms with E-state index in [4.69, 9.17) is 28.8 Å². The van der Waals surface area contributed by atoms with E-state index in [9.17, 15) is 0 Å². The maximum absolute atomic E-state index is 6.06. The summed E-state index contributed by atoms with van der Waals surface area (Å²) in [5.41, 5.74) is 5.15. The van der Waals surface area contributed by atoms with Gasteiger partial charge in [0.25, 0.3) is 5.88 Å². The Morgan fingerprint density at radius 2 is 1.86 bits per heavy atom. The predicted octanol–water partition coefficient (Wildman–Crippen LogP) is 4.19. The number of anilines is 1. The number of hydrogen-bond acceptors (Lipinski definition) is 7. The third kappa shape index (κ3) is 4.74. The van der Waals surface area contributed by atoms with Gasteiger partial charge in [0.15, 0.2) is 0 Å². The predicted molar refractivity (Wildman–Crippen MR) is 139 cm³/mol. The smallest absolute Gasteiger partial charge is 0.257 e. The number of hydrogen-bond donors (Lipinski definition) is 0. The fourth-order valence-corrected chi connectivity index (χ4v) is 5.65. The molecule has 2 aromatic rings. The van der Waals surface area contributed by atoms with Crippen LogP contribution >= 0.6 is 0 Å². The summed E-state index contributed by atoms with van der Waals surface area (Å²) < 4.78 is 31.0. The fraction of sp³-hybridized carbons (Fsp3) is 0.607. The average molecular weight is 498 g/mol. The first-order chi connectivity index (χ1) is 17.6. The molecule has 5 rings (SSSR count). The number of fused-ring (bicyclic) bond motifs is 1. The van der Waals surface area contributed by atoms with Crippen molar-refractivity contribution < 1.29 is 23.7 Å². The van der Waals surface area contributed by atoms with Crippen molar-refractivity contribution in [3.8, 4) is 5.88 Å². The molecule has 0 spiro atoms. The van der Waals surface area contributed by atoms with E-state index >= 15 is 0 Å². The molecule has 8 nitrogen and oxygen atoms in total. The van der Waals surface area contributed by atoms with Gasteiger partial charge in [-0.15, -0.1) is 5.10 Å². The number of nitrogens with zero attached hydrogens (tertiary/aromatic N) is 3. The molecule has 3 atom stereocenters. The van der Waals surface area contributed by atoms with E-state index in [-0.39, 0.29) is 12.0 Å². The van der Waals surface area contributed by atoms with Gasteiger partial charge >= 0.3 is 0 Å². The zero-order valence-electron chi connectivity index (χ0n) is 22.2. The van der Waals surface area contributed by atoms with Crippen molar-refractivity contribution in [1.29, 1.82) is 0 Å². The Morgan fingerprint density at radius 1 is 1.06 bits per heavy atom. The summed E-state index contributed by atoms with van der Waals surface area (Å²) in [6.07, 6.45) is 5.56. The molecule has 0 N–H and O–H groups in total. The topological polar surface area (TPSA) is 66.7 Å². The molecular weight excluding hydrogens is 458 g/mol. The van der Waals surface area contributed by atoms with Gasteiger partial charge in [-0.1, -0.05) is 13.0 Å². The second kappa shape index (κ2) is 10.8. The van der Waals surface area contributed by atoms with Crippen molar-refractivity contribution in [2.45, 2.75) is 32.3 Å². The second-order valence-electron chi connectivity index (χ2n) is 10.2. The van der Waals surface area contributed by atoms with Crippen LogP contribution in [0.4, 0.5) is 5.69 Å². The molecule has 8 heteroatoms. The van der Waals surface area contributed by atoms with Crippen LogP contribution in [0.25, 0.3) is 11.1 Å². The van der Waals surface area contributed by atoms with Gasteiger partial charge in [0, 0.05) is 51.3 Å². The molecular formula is C28H39N3O5. The van der Waals surface area contributed by atoms with Crippen LogP contribution in [0.2, 0.25) is 0 Å². The van der Waals surface area contributed by atoms with Crippen LogP contribution in [0.15, 0.2) is 35.6 Å². The number of methoxy groups -OCH3 is 4. The van der Waals surface area contributed by atoms with E-state index in [0.717, 1.165) is 72.4 Å². The number of allylic oxidation sites excluding steroid dienone is 1. The molecule has 0 bridgehead atoms. The first-order valence-corrected chi connectivity index (χ1v) is 13.0. The Balaban J connectivity index is 1.64. The summed E-state index contributed by atoms with van der Waals surface area (Å²) in [6, 6.07) is 6.31. The normalized spacial score (nSPS) is 24.4. The molecule has 196 valence electrons. The molecule has 2 aromatic heterocycles. The highest BCUT2D eigenvalue weighted by Crippen LogP contribution is 2.42. The van der Waals surface area contributed by atoms with Crippen molar-refractivity contribution in [3.05, 3.63) is 41.3 Å². The summed E-state index contributed by atoms with van der Waals surface area (Å²) in [7, 11) is 6.87. The molecule has 3 heterocycles. The van der Waals surface area contributed by atoms with Gasteiger partial charge in [-0.05, 0) is 49.0 Å². The summed E-state index contributed by atoms with van der Waals surface area (Å²) in [5, 5.41) is 4.98. The van der Waals surface area contributed by atoms with E-state index in [2.05, 4.69) is 36.1 Å². The minimum absolute atomic E-state index is 0.129. The summed E-state index contributed by atoms with van der Waals surface area (Å²) in [5.74, 6) is 2.81. The van der Waals surface area contributed by atoms with Gasteiger partial charge in [0.1, 0.15) is 11.4 Å². The molecule has 1 aliphatic heterocycles. The minimum atomic E-state index is -0.197. The highest BCUT2D eigenvalue weighted by atomic mass is 16.5. The number of rotatable bonds is 11. The quantitative estimate of drug-likeness (QED) is 0.461. The molecule has 2 aliphatic carbocycles. The number of pyridine rings is 1. The van der Waals surface area contributed by atoms with Gasteiger partial charge in [-0.2, -0.15) is 0 Å². The molecule has 0 aromatic carbocycles. The zero-order chi connectivity index (χ0) is 25.2. The van der Waals surface area contributed by atoms with E-state index < -0.39 is 0 Å². The molecule has 36 heavy (non-hydrogen) atoms. The highest BCUT2D eigenvalue weighted by Gasteiger charge is 2.35. The van der Waals surface area contributed by atoms with Crippen molar-refractivity contribution in [3.63, 3.8) is 0 Å². The van der Waals surface area contributed by atoms with Crippen LogP contribution in [-0.4, -0.2) is 77.1 Å². The van der Waals surface area contributed by atoms with E-state index in [0.29, 0.717) is 18.4 Å². The fourth-order valence-electron chi connectivity index (χ4n) is 5.65. The minimum Gasteiger partial charge on any atom is -0.496 e. The molecule has 1 saturated carbocycles. The van der Waals surface area contributed by atoms with Gasteiger partial charge in [0.05, 0.1) is 44.7 Å². The standard InChI is InChI=1S/C28H39N3O5/c1-18-21(17-32-2)13-24(33-3)25(27(18)34-4)22-7-6-8-23-26(28(35-5)29-31(22)23)30(14-19-9-10-19)15-20-11-12-36-16-20/h6-8,13,18-20,27H,9-12,14-17H2,1-5H3/t18-,20?,27?/m1/s1. The van der Waals surface area contributed by atoms with Crippen molar-refractivity contribution >= 4 is 16.8 Å². The third-order valence-corrected chi connectivity index (χ3v) is 7.75. The number of aromatic nitrogens is 2. The van der Waals surface area contributed by atoms with Crippen LogP contribution in [-0.2, 0) is 18.9 Å². The Kier molecular flexibility index (Phi) is 7.55. The largest absolute Gasteiger partial charge is 0.496 e. The molecule has 2 unspecified atom stereocenters. The SMILES string of the molecule is COCC1=CC(OC)=C(c2cccc3c(N(CC4CC4)CC4CCOC4)c(OC)nn23)C(OC)[C@@H]1C. The highest BCUT2D eigenvalue weighted by molar-refractivity contribution is 5.82. The van der Waals surface area contributed by atoms with Crippen LogP contribution in [0, 0.1) is 17.8 Å². The molecule has 0 amide bonds. The molecule has 1 saturated heterocycles. The van der Waals surface area contributed by atoms with Crippen LogP contribution < -0.4 is 9.64 Å². The van der Waals surface area contributed by atoms with E-state index in [1.54, 1.807) is 28.4 Å². The maximum atomic E-state index is 6.06. The van der Waals surface area contributed by atoms with E-state index in [1.165, 1.54) is 12.8 Å². The lowest BCUT2D eigenvalue weighted by Gasteiger charge is -2.32. The Morgan fingerprint density at radius 3 is 2.50 bits per heavy atom. The van der Waals surface area contributed by atoms with Crippen molar-refractivity contribution in [2.75, 3.05) is 66.2 Å². The lowest BCUT2D eigenvalue weighted by atomic mass is 9.83. The monoisotopic (exact) mass is 497 g/mol. The Bertz CT molecular complexity index is 1130. The zero-order valence-corrected chi connectivity index (χ0v) is 22.2. The Hall–Kier alpha value is -2.55. The lowest BCUT2D eigenvalue weighted by Crippen LogP contribution is -2.32.